The standard InChI is InChI=1S/C20H24FNO5S2/c1-14-6-7-17(21)19(10-14)29(25,26)20-13-28(23,24)12-18(20)22-9-8-15-4-3-5-16(11-15)27-2/h3-7,10-11,18,20,22H,8-9,12-13H2,1-2H3/t18-,20-/m0/s1. The first-order chi connectivity index (χ1) is 13.6. The summed E-state index contributed by atoms with van der Waals surface area (Å²) in [7, 11) is -6.13. The normalized spacial score (nSPS) is 21.2. The van der Waals surface area contributed by atoms with Crippen LogP contribution in [0.3, 0.4) is 0 Å². The van der Waals surface area contributed by atoms with E-state index < -0.39 is 47.4 Å². The molecule has 1 aliphatic rings. The van der Waals surface area contributed by atoms with Crippen molar-refractivity contribution in [2.45, 2.75) is 29.5 Å². The van der Waals surface area contributed by atoms with Gasteiger partial charge in [0.05, 0.1) is 23.9 Å². The summed E-state index contributed by atoms with van der Waals surface area (Å²) in [5.41, 5.74) is 1.57. The number of nitrogens with one attached hydrogen (secondary N) is 1. The molecular formula is C20H24FNO5S2. The summed E-state index contributed by atoms with van der Waals surface area (Å²) < 4.78 is 69.9. The van der Waals surface area contributed by atoms with E-state index in [1.165, 1.54) is 12.1 Å². The van der Waals surface area contributed by atoms with Gasteiger partial charge >= 0.3 is 0 Å². The van der Waals surface area contributed by atoms with Crippen molar-refractivity contribution in [2.75, 3.05) is 25.2 Å². The van der Waals surface area contributed by atoms with Gasteiger partial charge in [-0.25, -0.2) is 21.2 Å². The Balaban J connectivity index is 1.79. The molecule has 1 aliphatic heterocycles. The molecule has 0 amide bonds. The summed E-state index contributed by atoms with van der Waals surface area (Å²) in [6.45, 7) is 2.05. The van der Waals surface area contributed by atoms with Crippen LogP contribution >= 0.6 is 0 Å². The minimum Gasteiger partial charge on any atom is -0.497 e. The van der Waals surface area contributed by atoms with Crippen LogP contribution < -0.4 is 10.1 Å². The Hall–Kier alpha value is -1.97. The van der Waals surface area contributed by atoms with Crippen molar-refractivity contribution in [3.8, 4) is 5.75 Å². The lowest BCUT2D eigenvalue weighted by atomic mass is 10.1. The van der Waals surface area contributed by atoms with E-state index >= 15 is 0 Å². The Bertz CT molecular complexity index is 1100. The lowest BCUT2D eigenvalue weighted by Crippen LogP contribution is -2.44. The maximum absolute atomic E-state index is 14.2. The molecule has 1 heterocycles. The first kappa shape index (κ1) is 21.7. The molecule has 6 nitrogen and oxygen atoms in total. The maximum atomic E-state index is 14.2. The van der Waals surface area contributed by atoms with E-state index in [4.69, 9.17) is 4.74 Å². The maximum Gasteiger partial charge on any atom is 0.186 e. The van der Waals surface area contributed by atoms with E-state index in [1.807, 2.05) is 24.3 Å². The number of halogens is 1. The molecule has 0 bridgehead atoms. The van der Waals surface area contributed by atoms with Gasteiger partial charge < -0.3 is 10.1 Å². The minimum absolute atomic E-state index is 0.289. The Labute approximate surface area is 170 Å². The molecule has 2 aromatic rings. The molecule has 1 fully saturated rings. The van der Waals surface area contributed by atoms with Gasteiger partial charge in [-0.3, -0.25) is 0 Å². The predicted octanol–water partition coefficient (Wildman–Crippen LogP) is 1.91. The van der Waals surface area contributed by atoms with Gasteiger partial charge in [0.25, 0.3) is 0 Å². The van der Waals surface area contributed by atoms with Gasteiger partial charge in [-0.15, -0.1) is 0 Å². The van der Waals surface area contributed by atoms with Gasteiger partial charge in [0, 0.05) is 6.04 Å². The molecule has 29 heavy (non-hydrogen) atoms. The van der Waals surface area contributed by atoms with Gasteiger partial charge in [-0.2, -0.15) is 0 Å². The molecule has 158 valence electrons. The van der Waals surface area contributed by atoms with E-state index in [1.54, 1.807) is 14.0 Å². The van der Waals surface area contributed by atoms with Crippen LogP contribution in [0.25, 0.3) is 0 Å². The van der Waals surface area contributed by atoms with Gasteiger partial charge in [0.15, 0.2) is 19.7 Å². The average molecular weight is 442 g/mol. The molecule has 0 radical (unpaired) electrons. The quantitative estimate of drug-likeness (QED) is 0.706. The molecule has 9 heteroatoms. The number of benzene rings is 2. The third-order valence-electron chi connectivity index (χ3n) is 5.05. The third-order valence-corrected chi connectivity index (χ3v) is 9.21. The van der Waals surface area contributed by atoms with Gasteiger partial charge in [0.1, 0.15) is 16.5 Å². The van der Waals surface area contributed by atoms with Crippen molar-refractivity contribution in [3.05, 3.63) is 59.4 Å². The molecule has 0 unspecified atom stereocenters. The zero-order valence-electron chi connectivity index (χ0n) is 16.3. The van der Waals surface area contributed by atoms with Crippen molar-refractivity contribution in [1.82, 2.24) is 5.32 Å². The molecule has 2 atom stereocenters. The SMILES string of the molecule is COc1cccc(CCN[C@H]2CS(=O)(=O)C[C@@H]2S(=O)(=O)c2cc(C)ccc2F)c1. The summed E-state index contributed by atoms with van der Waals surface area (Å²) in [6.07, 6.45) is 0.569. The fraction of sp³-hybridized carbons (Fsp3) is 0.400. The fourth-order valence-corrected chi connectivity index (χ4v) is 8.40. The molecule has 0 aromatic heterocycles. The Morgan fingerprint density at radius 3 is 2.66 bits per heavy atom. The second kappa shape index (κ2) is 8.41. The van der Waals surface area contributed by atoms with Gasteiger partial charge in [0.2, 0.25) is 0 Å². The highest BCUT2D eigenvalue weighted by Crippen LogP contribution is 2.28. The minimum atomic E-state index is -4.15. The molecular weight excluding hydrogens is 417 g/mol. The highest BCUT2D eigenvalue weighted by atomic mass is 32.2. The summed E-state index contributed by atoms with van der Waals surface area (Å²) in [4.78, 5) is -0.445. The zero-order valence-corrected chi connectivity index (χ0v) is 17.9. The lowest BCUT2D eigenvalue weighted by molar-refractivity contribution is 0.414. The van der Waals surface area contributed by atoms with Crippen molar-refractivity contribution in [2.24, 2.45) is 0 Å². The number of methoxy groups -OCH3 is 1. The fourth-order valence-electron chi connectivity index (χ4n) is 3.53. The van der Waals surface area contributed by atoms with Crippen molar-refractivity contribution < 1.29 is 26.0 Å². The first-order valence-corrected chi connectivity index (χ1v) is 12.6. The summed E-state index contributed by atoms with van der Waals surface area (Å²) in [5.74, 6) is -0.960. The molecule has 1 N–H and O–H groups in total. The Morgan fingerprint density at radius 2 is 1.93 bits per heavy atom. The lowest BCUT2D eigenvalue weighted by Gasteiger charge is -2.20. The van der Waals surface area contributed by atoms with Gasteiger partial charge in [-0.1, -0.05) is 18.2 Å². The van der Waals surface area contributed by atoms with Crippen LogP contribution in [0.4, 0.5) is 4.39 Å². The first-order valence-electron chi connectivity index (χ1n) is 9.19. The van der Waals surface area contributed by atoms with Gasteiger partial charge in [-0.05, 0) is 55.3 Å². The number of ether oxygens (including phenoxy) is 1. The number of hydrogen-bond acceptors (Lipinski definition) is 6. The van der Waals surface area contributed by atoms with Crippen molar-refractivity contribution in [1.29, 1.82) is 0 Å². The molecule has 3 rings (SSSR count). The summed E-state index contributed by atoms with van der Waals surface area (Å²) >= 11 is 0. The molecule has 0 aliphatic carbocycles. The van der Waals surface area contributed by atoms with E-state index in [0.717, 1.165) is 11.6 Å². The monoisotopic (exact) mass is 441 g/mol. The van der Waals surface area contributed by atoms with E-state index in [2.05, 4.69) is 5.32 Å². The molecule has 1 saturated heterocycles. The van der Waals surface area contributed by atoms with Crippen molar-refractivity contribution >= 4 is 19.7 Å². The predicted molar refractivity (Wildman–Crippen MR) is 109 cm³/mol. The van der Waals surface area contributed by atoms with Crippen molar-refractivity contribution in [3.63, 3.8) is 0 Å². The highest BCUT2D eigenvalue weighted by molar-refractivity contribution is 7.96. The van der Waals surface area contributed by atoms with Crippen LogP contribution in [0.2, 0.25) is 0 Å². The highest BCUT2D eigenvalue weighted by Gasteiger charge is 2.46. The largest absolute Gasteiger partial charge is 0.497 e. The Morgan fingerprint density at radius 1 is 1.17 bits per heavy atom. The third kappa shape index (κ3) is 4.96. The number of rotatable bonds is 7. The average Bonchev–Trinajstić information content (AvgIpc) is 2.99. The zero-order chi connectivity index (χ0) is 21.2. The smallest absolute Gasteiger partial charge is 0.186 e. The number of aryl methyl sites for hydroxylation is 1. The van der Waals surface area contributed by atoms with E-state index in [0.29, 0.717) is 24.3 Å². The molecule has 0 saturated carbocycles. The molecule has 2 aromatic carbocycles. The number of hydrogen-bond donors (Lipinski definition) is 1. The Kier molecular flexibility index (Phi) is 6.30. The van der Waals surface area contributed by atoms with Crippen LogP contribution in [-0.2, 0) is 26.1 Å². The number of sulfone groups is 2. The summed E-state index contributed by atoms with van der Waals surface area (Å²) in [6, 6.07) is 10.5. The van der Waals surface area contributed by atoms with Crippen LogP contribution in [-0.4, -0.2) is 53.3 Å². The van der Waals surface area contributed by atoms with Crippen LogP contribution in [0.5, 0.6) is 5.75 Å². The summed E-state index contributed by atoms with van der Waals surface area (Å²) in [5, 5.41) is 1.83. The second-order valence-electron chi connectivity index (χ2n) is 7.26. The van der Waals surface area contributed by atoms with Crippen LogP contribution in [0.1, 0.15) is 11.1 Å². The van der Waals surface area contributed by atoms with E-state index in [-0.39, 0.29) is 5.75 Å². The molecule has 0 spiro atoms. The van der Waals surface area contributed by atoms with Crippen LogP contribution in [0, 0.1) is 12.7 Å². The second-order valence-corrected chi connectivity index (χ2v) is 11.5. The van der Waals surface area contributed by atoms with E-state index in [9.17, 15) is 21.2 Å². The topological polar surface area (TPSA) is 89.5 Å². The van der Waals surface area contributed by atoms with Crippen LogP contribution in [0.15, 0.2) is 47.4 Å².